The highest BCUT2D eigenvalue weighted by atomic mass is 32.1. The number of amides is 1. The number of nitrogens with zero attached hydrogens (tertiary/aromatic N) is 2. The summed E-state index contributed by atoms with van der Waals surface area (Å²) in [5.74, 6) is 1.43. The fraction of sp³-hybridized carbons (Fsp3) is 0.522. The van der Waals surface area contributed by atoms with Crippen LogP contribution in [0.15, 0.2) is 35.5 Å². The van der Waals surface area contributed by atoms with Gasteiger partial charge in [-0.2, -0.15) is 5.10 Å². The monoisotopic (exact) mass is 457 g/mol. The number of allylic oxidation sites excluding steroid dienone is 1. The van der Waals surface area contributed by atoms with Crippen molar-refractivity contribution in [2.45, 2.75) is 38.1 Å². The van der Waals surface area contributed by atoms with E-state index in [0.717, 1.165) is 32.4 Å². The van der Waals surface area contributed by atoms with E-state index in [1.54, 1.807) is 18.2 Å². The molecule has 1 heterocycles. The number of ether oxygens (including phenoxy) is 1. The van der Waals surface area contributed by atoms with Crippen molar-refractivity contribution in [3.05, 3.63) is 35.9 Å². The van der Waals surface area contributed by atoms with Gasteiger partial charge in [-0.05, 0) is 68.3 Å². The van der Waals surface area contributed by atoms with Crippen LogP contribution in [0.25, 0.3) is 0 Å². The van der Waals surface area contributed by atoms with Gasteiger partial charge in [0.2, 0.25) is 5.91 Å². The van der Waals surface area contributed by atoms with Gasteiger partial charge in [0.1, 0.15) is 0 Å². The smallest absolute Gasteiger partial charge is 0.243 e. The standard InChI is InChI=1S/C23H31N5O3S/c1-31-20-6-2-4-18(21(20)29)14-24-26-22(30)16-5-3-10-28(11-9-16)23(32)27-25-19-13-15-7-8-17(19)12-15/h2,4,6-8,14-17,19,25,29H,3,5,9-13H2,1H3,(H,26,30)(H,27,32)/b24-14-/t15-,16+,17-,19-/m0/s1. The molecule has 1 aromatic rings. The maximum absolute atomic E-state index is 12.6. The number of benzene rings is 1. The maximum Gasteiger partial charge on any atom is 0.243 e. The van der Waals surface area contributed by atoms with Gasteiger partial charge >= 0.3 is 0 Å². The second kappa shape index (κ2) is 10.3. The molecule has 0 unspecified atom stereocenters. The number of methoxy groups -OCH3 is 1. The van der Waals surface area contributed by atoms with Gasteiger partial charge in [0, 0.05) is 30.6 Å². The van der Waals surface area contributed by atoms with Crippen molar-refractivity contribution in [2.75, 3.05) is 20.2 Å². The molecule has 1 saturated carbocycles. The lowest BCUT2D eigenvalue weighted by Gasteiger charge is -2.27. The van der Waals surface area contributed by atoms with E-state index in [0.29, 0.717) is 40.7 Å². The predicted octanol–water partition coefficient (Wildman–Crippen LogP) is 2.30. The topological polar surface area (TPSA) is 98.2 Å². The van der Waals surface area contributed by atoms with Crippen LogP contribution in [0.4, 0.5) is 0 Å². The van der Waals surface area contributed by atoms with Crippen LogP contribution in [0.2, 0.25) is 0 Å². The van der Waals surface area contributed by atoms with Crippen molar-refractivity contribution in [2.24, 2.45) is 22.9 Å². The first-order valence-corrected chi connectivity index (χ1v) is 11.6. The van der Waals surface area contributed by atoms with Crippen LogP contribution in [-0.2, 0) is 4.79 Å². The van der Waals surface area contributed by atoms with Crippen molar-refractivity contribution in [3.63, 3.8) is 0 Å². The summed E-state index contributed by atoms with van der Waals surface area (Å²) in [7, 11) is 1.49. The summed E-state index contributed by atoms with van der Waals surface area (Å²) in [5.41, 5.74) is 9.73. The number of para-hydroxylation sites is 1. The summed E-state index contributed by atoms with van der Waals surface area (Å²) < 4.78 is 5.08. The minimum Gasteiger partial charge on any atom is -0.504 e. The number of hydrogen-bond acceptors (Lipinski definition) is 6. The van der Waals surface area contributed by atoms with Crippen molar-refractivity contribution < 1.29 is 14.6 Å². The van der Waals surface area contributed by atoms with Crippen molar-refractivity contribution >= 4 is 29.5 Å². The molecule has 0 aromatic heterocycles. The summed E-state index contributed by atoms with van der Waals surface area (Å²) in [6.07, 6.45) is 10.8. The number of thiocarbonyl (C=S) groups is 1. The Labute approximate surface area is 194 Å². The highest BCUT2D eigenvalue weighted by molar-refractivity contribution is 7.80. The van der Waals surface area contributed by atoms with E-state index in [-0.39, 0.29) is 17.6 Å². The van der Waals surface area contributed by atoms with Gasteiger partial charge in [-0.25, -0.2) is 10.9 Å². The SMILES string of the molecule is COc1cccc(/C=N\NC(=O)[C@@H]2CCCN(C(=S)NN[C@H]3C[C@H]4C=C[C@H]3C4)CC2)c1O. The molecule has 2 fully saturated rings. The fourth-order valence-electron chi connectivity index (χ4n) is 4.81. The van der Waals surface area contributed by atoms with Gasteiger partial charge in [-0.1, -0.05) is 18.2 Å². The quantitative estimate of drug-likeness (QED) is 0.225. The lowest BCUT2D eigenvalue weighted by Crippen LogP contribution is -2.51. The zero-order chi connectivity index (χ0) is 22.5. The number of nitrogens with one attached hydrogen (secondary N) is 3. The number of phenols is 1. The Bertz CT molecular complexity index is 906. The van der Waals surface area contributed by atoms with Gasteiger partial charge in [0.05, 0.1) is 13.3 Å². The molecule has 0 radical (unpaired) electrons. The third-order valence-electron chi connectivity index (χ3n) is 6.66. The van der Waals surface area contributed by atoms with Gasteiger partial charge in [0.15, 0.2) is 16.6 Å². The molecular weight excluding hydrogens is 426 g/mol. The molecular formula is C23H31N5O3S. The molecule has 9 heteroatoms. The number of hydrazone groups is 1. The summed E-state index contributed by atoms with van der Waals surface area (Å²) in [6.45, 7) is 1.55. The highest BCUT2D eigenvalue weighted by Crippen LogP contribution is 2.38. The van der Waals surface area contributed by atoms with Crippen molar-refractivity contribution in [3.8, 4) is 11.5 Å². The Hall–Kier alpha value is -2.65. The minimum absolute atomic E-state index is 0.00539. The molecule has 1 aliphatic heterocycles. The summed E-state index contributed by atoms with van der Waals surface area (Å²) in [6, 6.07) is 5.55. The number of likely N-dealkylation sites (tertiary alicyclic amines) is 1. The largest absolute Gasteiger partial charge is 0.504 e. The first-order chi connectivity index (χ1) is 15.5. The van der Waals surface area contributed by atoms with Gasteiger partial charge in [0.25, 0.3) is 0 Å². The number of aromatic hydroxyl groups is 1. The molecule has 4 rings (SSSR count). The first-order valence-electron chi connectivity index (χ1n) is 11.2. The number of fused-ring (bicyclic) bond motifs is 2. The van der Waals surface area contributed by atoms with Crippen LogP contribution in [0.1, 0.15) is 37.7 Å². The Morgan fingerprint density at radius 2 is 2.16 bits per heavy atom. The van der Waals surface area contributed by atoms with Crippen LogP contribution >= 0.6 is 12.2 Å². The third-order valence-corrected chi connectivity index (χ3v) is 7.02. The van der Waals surface area contributed by atoms with E-state index in [9.17, 15) is 9.90 Å². The molecule has 1 saturated heterocycles. The first kappa shape index (κ1) is 22.5. The zero-order valence-corrected chi connectivity index (χ0v) is 19.1. The normalized spacial score (nSPS) is 26.8. The van der Waals surface area contributed by atoms with E-state index in [1.165, 1.54) is 19.7 Å². The van der Waals surface area contributed by atoms with Crippen molar-refractivity contribution in [1.82, 2.24) is 21.2 Å². The summed E-state index contributed by atoms with van der Waals surface area (Å²) in [4.78, 5) is 14.7. The van der Waals surface area contributed by atoms with Crippen LogP contribution in [0, 0.1) is 17.8 Å². The van der Waals surface area contributed by atoms with E-state index in [4.69, 9.17) is 17.0 Å². The molecule has 3 aliphatic rings. The zero-order valence-electron chi connectivity index (χ0n) is 18.3. The Balaban J connectivity index is 1.22. The van der Waals surface area contributed by atoms with Crippen LogP contribution in [0.3, 0.4) is 0 Å². The average Bonchev–Trinajstić information content (AvgIpc) is 3.33. The average molecular weight is 458 g/mol. The summed E-state index contributed by atoms with van der Waals surface area (Å²) >= 11 is 5.59. The molecule has 2 aliphatic carbocycles. The van der Waals surface area contributed by atoms with Gasteiger partial charge in [-0.15, -0.1) is 0 Å². The molecule has 2 bridgehead atoms. The summed E-state index contributed by atoms with van der Waals surface area (Å²) in [5, 5.41) is 14.8. The fourth-order valence-corrected chi connectivity index (χ4v) is 5.05. The molecule has 8 nitrogen and oxygen atoms in total. The van der Waals surface area contributed by atoms with Crippen molar-refractivity contribution in [1.29, 1.82) is 0 Å². The van der Waals surface area contributed by atoms with Gasteiger partial charge in [-0.3, -0.25) is 10.2 Å². The number of hydrogen-bond donors (Lipinski definition) is 4. The predicted molar refractivity (Wildman–Crippen MR) is 127 cm³/mol. The molecule has 4 atom stereocenters. The highest BCUT2D eigenvalue weighted by Gasteiger charge is 2.35. The Morgan fingerprint density at radius 3 is 2.91 bits per heavy atom. The van der Waals surface area contributed by atoms with E-state index >= 15 is 0 Å². The molecule has 32 heavy (non-hydrogen) atoms. The second-order valence-corrected chi connectivity index (χ2v) is 9.10. The number of carbonyl (C=O) groups excluding carboxylic acids is 1. The Morgan fingerprint density at radius 1 is 1.28 bits per heavy atom. The van der Waals surface area contributed by atoms with E-state index in [1.807, 2.05) is 0 Å². The van der Waals surface area contributed by atoms with Crippen LogP contribution in [-0.4, -0.2) is 53.5 Å². The number of carbonyl (C=O) groups is 1. The second-order valence-electron chi connectivity index (χ2n) is 8.71. The van der Waals surface area contributed by atoms with E-state index in [2.05, 4.69) is 38.4 Å². The molecule has 172 valence electrons. The van der Waals surface area contributed by atoms with E-state index < -0.39 is 0 Å². The Kier molecular flexibility index (Phi) is 7.26. The molecule has 1 aromatic carbocycles. The molecule has 0 spiro atoms. The molecule has 4 N–H and O–H groups in total. The number of rotatable bonds is 6. The third kappa shape index (κ3) is 5.21. The lowest BCUT2D eigenvalue weighted by molar-refractivity contribution is -0.125. The van der Waals surface area contributed by atoms with Gasteiger partial charge < -0.3 is 14.7 Å². The number of phenolic OH excluding ortho intramolecular Hbond substituents is 1. The maximum atomic E-state index is 12.6. The number of hydrazine groups is 1. The molecule has 1 amide bonds. The van der Waals surface area contributed by atoms with Crippen LogP contribution < -0.4 is 21.0 Å². The minimum atomic E-state index is -0.123. The van der Waals surface area contributed by atoms with Crippen LogP contribution in [0.5, 0.6) is 11.5 Å². The lowest BCUT2D eigenvalue weighted by atomic mass is 10.0.